The van der Waals surface area contributed by atoms with Crippen LogP contribution in [-0.2, 0) is 22.6 Å². The van der Waals surface area contributed by atoms with E-state index in [0.29, 0.717) is 37.6 Å². The maximum atomic E-state index is 13.1. The topological polar surface area (TPSA) is 105 Å². The fourth-order valence-electron chi connectivity index (χ4n) is 7.12. The van der Waals surface area contributed by atoms with Gasteiger partial charge in [0.1, 0.15) is 16.9 Å². The van der Waals surface area contributed by atoms with Crippen LogP contribution in [0.25, 0.3) is 21.9 Å². The predicted octanol–water partition coefficient (Wildman–Crippen LogP) is 7.99. The molecule has 2 saturated heterocycles. The number of ether oxygens (including phenoxy) is 2. The largest absolute Gasteiger partial charge is 0.496 e. The van der Waals surface area contributed by atoms with Crippen LogP contribution < -0.4 is 15.2 Å². The number of carboxylic acid groups (broad SMARTS) is 1. The summed E-state index contributed by atoms with van der Waals surface area (Å²) >= 11 is 0. The molecule has 17 heteroatoms. The van der Waals surface area contributed by atoms with Crippen molar-refractivity contribution in [1.29, 1.82) is 0 Å². The van der Waals surface area contributed by atoms with Gasteiger partial charge in [0.25, 0.3) is 0 Å². The number of hydrogen-bond acceptors (Lipinski definition) is 6. The molecule has 8 nitrogen and oxygen atoms in total. The number of piperidine rings is 2. The van der Waals surface area contributed by atoms with Gasteiger partial charge in [-0.2, -0.15) is 39.5 Å². The molecule has 2 heterocycles. The molecule has 54 heavy (non-hydrogen) atoms. The Morgan fingerprint density at radius 2 is 1.43 bits per heavy atom. The molecule has 3 N–H and O–H groups in total. The standard InChI is InChI=1S/C28H30F3NO4.C9H12F6N2O/c1-35-24-11-9-19(17-32-15-13-20(14-16-32)28(29,30)31)27(36-2)26(24)23-8-4-6-21-18(10-12-25(33)34)5-3-7-22(21)23;10-8(11,12)5-17-3-1-7(2-4-17,6(16)18)9(13,14)15/h3-9,11,20H,10,12-17H2,1-2H3,(H,33,34);1-5H2,(H2,16,18). The second kappa shape index (κ2) is 17.0. The molecule has 0 unspecified atom stereocenters. The quantitative estimate of drug-likeness (QED) is 0.201. The normalized spacial score (nSPS) is 17.5. The molecule has 0 spiro atoms. The predicted molar refractivity (Wildman–Crippen MR) is 182 cm³/mol. The molecule has 5 rings (SSSR count). The average Bonchev–Trinajstić information content (AvgIpc) is 3.09. The van der Waals surface area contributed by atoms with Gasteiger partial charge in [0.15, 0.2) is 0 Å². The van der Waals surface area contributed by atoms with Crippen molar-refractivity contribution in [3.05, 3.63) is 59.7 Å². The summed E-state index contributed by atoms with van der Waals surface area (Å²) in [6, 6.07) is 15.5. The first-order valence-electron chi connectivity index (χ1n) is 17.1. The van der Waals surface area contributed by atoms with Crippen molar-refractivity contribution in [3.8, 4) is 22.6 Å². The van der Waals surface area contributed by atoms with Crippen LogP contribution in [0.15, 0.2) is 48.5 Å². The lowest BCUT2D eigenvalue weighted by atomic mass is 9.77. The van der Waals surface area contributed by atoms with Gasteiger partial charge in [-0.05, 0) is 86.2 Å². The molecule has 0 aliphatic carbocycles. The summed E-state index contributed by atoms with van der Waals surface area (Å²) in [4.78, 5) is 25.0. The fraction of sp³-hybridized carbons (Fsp3) is 0.514. The molecule has 0 atom stereocenters. The van der Waals surface area contributed by atoms with E-state index in [2.05, 4.69) is 0 Å². The third kappa shape index (κ3) is 10.1. The number of carboxylic acids is 1. The van der Waals surface area contributed by atoms with Gasteiger partial charge in [-0.3, -0.25) is 19.4 Å². The van der Waals surface area contributed by atoms with Gasteiger partial charge in [0.05, 0.1) is 32.2 Å². The van der Waals surface area contributed by atoms with Gasteiger partial charge in [-0.15, -0.1) is 0 Å². The zero-order valence-electron chi connectivity index (χ0n) is 29.6. The number of carbonyl (C=O) groups is 2. The van der Waals surface area contributed by atoms with E-state index >= 15 is 0 Å². The Balaban J connectivity index is 0.000000304. The van der Waals surface area contributed by atoms with Gasteiger partial charge in [0.2, 0.25) is 5.91 Å². The van der Waals surface area contributed by atoms with Crippen molar-refractivity contribution in [3.63, 3.8) is 0 Å². The highest BCUT2D eigenvalue weighted by Gasteiger charge is 2.60. The first-order chi connectivity index (χ1) is 25.2. The van der Waals surface area contributed by atoms with Gasteiger partial charge >= 0.3 is 24.5 Å². The molecule has 2 fully saturated rings. The Labute approximate surface area is 306 Å². The van der Waals surface area contributed by atoms with Crippen LogP contribution in [0.5, 0.6) is 11.5 Å². The summed E-state index contributed by atoms with van der Waals surface area (Å²) in [5, 5.41) is 11.0. The number of halogens is 9. The third-order valence-electron chi connectivity index (χ3n) is 10.1. The number of aryl methyl sites for hydroxylation is 1. The lowest BCUT2D eigenvalue weighted by Crippen LogP contribution is -2.56. The van der Waals surface area contributed by atoms with E-state index in [1.807, 2.05) is 53.4 Å². The smallest absolute Gasteiger partial charge is 0.403 e. The molecule has 0 saturated carbocycles. The minimum absolute atomic E-state index is 0.0382. The minimum Gasteiger partial charge on any atom is -0.496 e. The van der Waals surface area contributed by atoms with Crippen molar-refractivity contribution in [2.24, 2.45) is 17.1 Å². The van der Waals surface area contributed by atoms with Crippen molar-refractivity contribution in [2.45, 2.75) is 63.6 Å². The molecular formula is C37H42F9N3O5. The number of alkyl halides is 9. The van der Waals surface area contributed by atoms with Gasteiger partial charge in [-0.1, -0.05) is 42.5 Å². The summed E-state index contributed by atoms with van der Waals surface area (Å²) in [6.07, 6.45) is -14.3. The fourth-order valence-corrected chi connectivity index (χ4v) is 7.12. The summed E-state index contributed by atoms with van der Waals surface area (Å²) in [5.41, 5.74) is 5.53. The molecule has 3 aromatic carbocycles. The van der Waals surface area contributed by atoms with E-state index in [-0.39, 0.29) is 19.3 Å². The Hall–Kier alpha value is -4.25. The van der Waals surface area contributed by atoms with Crippen LogP contribution in [0.3, 0.4) is 0 Å². The summed E-state index contributed by atoms with van der Waals surface area (Å²) in [7, 11) is 3.17. The molecule has 298 valence electrons. The number of primary amides is 1. The van der Waals surface area contributed by atoms with Crippen molar-refractivity contribution in [1.82, 2.24) is 9.80 Å². The molecule has 3 aromatic rings. The van der Waals surface area contributed by atoms with Crippen LogP contribution in [0.2, 0.25) is 0 Å². The molecule has 2 aliphatic heterocycles. The molecular weight excluding hydrogens is 737 g/mol. The second-order valence-electron chi connectivity index (χ2n) is 13.5. The summed E-state index contributed by atoms with van der Waals surface area (Å²) in [6.45, 7) is -0.977. The molecule has 0 radical (unpaired) electrons. The minimum atomic E-state index is -4.83. The number of carbonyl (C=O) groups excluding carboxylic acids is 1. The Morgan fingerprint density at radius 3 is 1.94 bits per heavy atom. The Morgan fingerprint density at radius 1 is 0.815 bits per heavy atom. The number of nitrogens with zero attached hydrogens (tertiary/aromatic N) is 2. The number of fused-ring (bicyclic) bond motifs is 1. The lowest BCUT2D eigenvalue weighted by Gasteiger charge is -2.40. The zero-order chi connectivity index (χ0) is 40.1. The highest BCUT2D eigenvalue weighted by molar-refractivity contribution is 6.01. The number of aliphatic carboxylic acids is 1. The second-order valence-corrected chi connectivity index (χ2v) is 13.5. The van der Waals surface area contributed by atoms with E-state index in [9.17, 15) is 49.1 Å². The number of methoxy groups -OCH3 is 2. The van der Waals surface area contributed by atoms with Crippen LogP contribution in [-0.4, -0.2) is 92.3 Å². The van der Waals surface area contributed by atoms with Crippen molar-refractivity contribution in [2.75, 3.05) is 46.9 Å². The third-order valence-corrected chi connectivity index (χ3v) is 10.1. The maximum Gasteiger partial charge on any atom is 0.403 e. The highest BCUT2D eigenvalue weighted by atomic mass is 19.4. The number of amides is 1. The van der Waals surface area contributed by atoms with E-state index in [4.69, 9.17) is 20.3 Å². The molecule has 1 amide bonds. The van der Waals surface area contributed by atoms with Crippen LogP contribution in [0.1, 0.15) is 43.2 Å². The van der Waals surface area contributed by atoms with Gasteiger partial charge < -0.3 is 20.3 Å². The van der Waals surface area contributed by atoms with E-state index in [1.54, 1.807) is 14.2 Å². The summed E-state index contributed by atoms with van der Waals surface area (Å²) < 4.78 is 125. The van der Waals surface area contributed by atoms with Crippen molar-refractivity contribution < 1.29 is 63.7 Å². The lowest BCUT2D eigenvalue weighted by molar-refractivity contribution is -0.234. The highest BCUT2D eigenvalue weighted by Crippen LogP contribution is 2.47. The monoisotopic (exact) mass is 779 g/mol. The average molecular weight is 780 g/mol. The van der Waals surface area contributed by atoms with E-state index < -0.39 is 74.2 Å². The van der Waals surface area contributed by atoms with E-state index in [1.165, 1.54) is 0 Å². The maximum absolute atomic E-state index is 13.1. The number of hydrogen-bond donors (Lipinski definition) is 2. The van der Waals surface area contributed by atoms with Gasteiger partial charge in [-0.25, -0.2) is 0 Å². The Kier molecular flexibility index (Phi) is 13.4. The zero-order valence-corrected chi connectivity index (χ0v) is 29.6. The number of likely N-dealkylation sites (tertiary alicyclic amines) is 2. The van der Waals surface area contributed by atoms with Gasteiger partial charge in [0, 0.05) is 18.5 Å². The van der Waals surface area contributed by atoms with Crippen LogP contribution >= 0.6 is 0 Å². The molecule has 0 aromatic heterocycles. The van der Waals surface area contributed by atoms with Crippen LogP contribution in [0.4, 0.5) is 39.5 Å². The Bertz CT molecular complexity index is 1760. The SMILES string of the molecule is COc1ccc(CN2CCC(C(F)(F)F)CC2)c(OC)c1-c1cccc2c(CCC(=O)O)cccc12.NC(=O)C1(C(F)(F)F)CCN(CC(F)(F)F)CC1. The first-order valence-corrected chi connectivity index (χ1v) is 17.1. The molecule has 2 aliphatic rings. The van der Waals surface area contributed by atoms with Crippen LogP contribution in [0, 0.1) is 11.3 Å². The summed E-state index contributed by atoms with van der Waals surface area (Å²) in [5.74, 6) is -2.38. The molecule has 0 bridgehead atoms. The number of benzene rings is 3. The van der Waals surface area contributed by atoms with E-state index in [0.717, 1.165) is 37.9 Å². The van der Waals surface area contributed by atoms with Crippen molar-refractivity contribution >= 4 is 22.6 Å². The first kappa shape index (κ1) is 42.5. The number of nitrogens with two attached hydrogens (primary N) is 1. The number of rotatable bonds is 10.